The fraction of sp³-hybridized carbons (Fsp3) is 0.684. The summed E-state index contributed by atoms with van der Waals surface area (Å²) >= 11 is 0. The first-order valence-electron chi connectivity index (χ1n) is 8.99. The number of aliphatic hydroxyl groups excluding tert-OH is 1. The minimum absolute atomic E-state index is 0.158. The normalized spacial score (nSPS) is 22.8. The van der Waals surface area contributed by atoms with Gasteiger partial charge in [-0.05, 0) is 74.8 Å². The number of aryl methyl sites for hydroxylation is 1. The quantitative estimate of drug-likeness (QED) is 0.877. The molecule has 0 amide bonds. The molecule has 0 saturated carbocycles. The van der Waals surface area contributed by atoms with Crippen LogP contribution in [0.25, 0.3) is 0 Å². The van der Waals surface area contributed by atoms with Crippen LogP contribution in [0.2, 0.25) is 0 Å². The first-order valence-corrected chi connectivity index (χ1v) is 8.99. The molecule has 122 valence electrons. The molecule has 1 heterocycles. The van der Waals surface area contributed by atoms with Crippen molar-refractivity contribution in [1.29, 1.82) is 0 Å². The maximum atomic E-state index is 9.38. The molecule has 3 rings (SSSR count). The molecule has 3 heteroatoms. The van der Waals surface area contributed by atoms with Crippen molar-refractivity contribution in [2.75, 3.05) is 19.6 Å². The highest BCUT2D eigenvalue weighted by atomic mass is 16.3. The van der Waals surface area contributed by atoms with Crippen LogP contribution in [0.3, 0.4) is 0 Å². The maximum absolute atomic E-state index is 9.38. The second-order valence-corrected chi connectivity index (χ2v) is 6.88. The van der Waals surface area contributed by atoms with Gasteiger partial charge in [0.2, 0.25) is 0 Å². The molecule has 1 fully saturated rings. The zero-order valence-corrected chi connectivity index (χ0v) is 13.9. The van der Waals surface area contributed by atoms with Crippen LogP contribution >= 0.6 is 0 Å². The predicted molar refractivity (Wildman–Crippen MR) is 91.1 cm³/mol. The van der Waals surface area contributed by atoms with Crippen LogP contribution < -0.4 is 5.32 Å². The second kappa shape index (κ2) is 7.58. The number of hydrogen-bond acceptors (Lipinski definition) is 3. The van der Waals surface area contributed by atoms with Crippen molar-refractivity contribution in [2.24, 2.45) is 0 Å². The molecule has 0 aromatic heterocycles. The summed E-state index contributed by atoms with van der Waals surface area (Å²) in [6.07, 6.45) is 7.46. The van der Waals surface area contributed by atoms with Crippen LogP contribution in [0.4, 0.5) is 0 Å². The standard InChI is InChI=1S/C19H30N2O/c1-2-11-21(18-7-9-20-10-8-18)19-6-5-16-4-3-15(14-22)12-17(16)13-19/h3-4,12,18-20,22H,2,5-11,13-14H2,1H3/t19-/m1/s1. The van der Waals surface area contributed by atoms with Crippen molar-refractivity contribution in [2.45, 2.75) is 64.1 Å². The number of nitrogens with one attached hydrogen (secondary N) is 1. The van der Waals surface area contributed by atoms with E-state index in [0.717, 1.165) is 18.0 Å². The molecule has 1 aliphatic heterocycles. The molecule has 1 aromatic carbocycles. The summed E-state index contributed by atoms with van der Waals surface area (Å²) in [6, 6.07) is 7.98. The highest BCUT2D eigenvalue weighted by Crippen LogP contribution is 2.28. The summed E-state index contributed by atoms with van der Waals surface area (Å²) in [4.78, 5) is 2.80. The zero-order valence-electron chi connectivity index (χ0n) is 13.9. The van der Waals surface area contributed by atoms with Gasteiger partial charge in [-0.2, -0.15) is 0 Å². The lowest BCUT2D eigenvalue weighted by Crippen LogP contribution is -2.50. The van der Waals surface area contributed by atoms with Crippen LogP contribution in [0.1, 0.15) is 49.3 Å². The van der Waals surface area contributed by atoms with E-state index in [0.29, 0.717) is 6.04 Å². The average molecular weight is 302 g/mol. The molecule has 1 saturated heterocycles. The van der Waals surface area contributed by atoms with Crippen molar-refractivity contribution in [3.63, 3.8) is 0 Å². The summed E-state index contributed by atoms with van der Waals surface area (Å²) < 4.78 is 0. The van der Waals surface area contributed by atoms with Gasteiger partial charge in [-0.1, -0.05) is 25.1 Å². The molecule has 0 spiro atoms. The third-order valence-electron chi connectivity index (χ3n) is 5.38. The van der Waals surface area contributed by atoms with E-state index < -0.39 is 0 Å². The Hall–Kier alpha value is -0.900. The lowest BCUT2D eigenvalue weighted by molar-refractivity contribution is 0.0988. The van der Waals surface area contributed by atoms with Crippen LogP contribution in [0.5, 0.6) is 0 Å². The zero-order chi connectivity index (χ0) is 15.4. The molecule has 0 bridgehead atoms. The van der Waals surface area contributed by atoms with Crippen molar-refractivity contribution < 1.29 is 5.11 Å². The summed E-state index contributed by atoms with van der Waals surface area (Å²) in [6.45, 7) is 6.02. The monoisotopic (exact) mass is 302 g/mol. The molecular formula is C19H30N2O. The second-order valence-electron chi connectivity index (χ2n) is 6.88. The van der Waals surface area contributed by atoms with Gasteiger partial charge in [-0.25, -0.2) is 0 Å². The summed E-state index contributed by atoms with van der Waals surface area (Å²) in [5, 5.41) is 12.9. The van der Waals surface area contributed by atoms with E-state index in [2.05, 4.69) is 35.3 Å². The molecular weight excluding hydrogens is 272 g/mol. The summed E-state index contributed by atoms with van der Waals surface area (Å²) in [7, 11) is 0. The molecule has 1 aliphatic carbocycles. The molecule has 22 heavy (non-hydrogen) atoms. The number of rotatable bonds is 5. The molecule has 2 aliphatic rings. The number of fused-ring (bicyclic) bond motifs is 1. The Morgan fingerprint density at radius 1 is 1.14 bits per heavy atom. The van der Waals surface area contributed by atoms with Gasteiger partial charge in [0.15, 0.2) is 0 Å². The number of benzene rings is 1. The Balaban J connectivity index is 1.74. The Bertz CT molecular complexity index is 482. The minimum Gasteiger partial charge on any atom is -0.392 e. The van der Waals surface area contributed by atoms with Crippen LogP contribution in [-0.4, -0.2) is 41.7 Å². The van der Waals surface area contributed by atoms with Crippen molar-refractivity contribution in [1.82, 2.24) is 10.2 Å². The average Bonchev–Trinajstić information content (AvgIpc) is 2.59. The summed E-state index contributed by atoms with van der Waals surface area (Å²) in [5.41, 5.74) is 4.02. The lowest BCUT2D eigenvalue weighted by Gasteiger charge is -2.42. The molecule has 2 N–H and O–H groups in total. The maximum Gasteiger partial charge on any atom is 0.0681 e. The first-order chi connectivity index (χ1) is 10.8. The van der Waals surface area contributed by atoms with Crippen LogP contribution in [0.15, 0.2) is 18.2 Å². The van der Waals surface area contributed by atoms with Gasteiger partial charge >= 0.3 is 0 Å². The van der Waals surface area contributed by atoms with Crippen molar-refractivity contribution >= 4 is 0 Å². The Kier molecular flexibility index (Phi) is 5.51. The SMILES string of the molecule is CCCN(C1CCNCC1)[C@@H]1CCc2ccc(CO)cc2C1. The van der Waals surface area contributed by atoms with E-state index in [1.54, 1.807) is 0 Å². The number of nitrogens with zero attached hydrogens (tertiary/aromatic N) is 1. The molecule has 1 aromatic rings. The number of hydrogen-bond donors (Lipinski definition) is 2. The molecule has 3 nitrogen and oxygen atoms in total. The van der Waals surface area contributed by atoms with Gasteiger partial charge < -0.3 is 10.4 Å². The van der Waals surface area contributed by atoms with E-state index in [-0.39, 0.29) is 6.61 Å². The van der Waals surface area contributed by atoms with Gasteiger partial charge in [-0.15, -0.1) is 0 Å². The molecule has 0 radical (unpaired) electrons. The Labute approximate surface area is 134 Å². The lowest BCUT2D eigenvalue weighted by atomic mass is 9.85. The van der Waals surface area contributed by atoms with Gasteiger partial charge in [0.05, 0.1) is 6.61 Å². The van der Waals surface area contributed by atoms with Crippen LogP contribution in [-0.2, 0) is 19.4 Å². The van der Waals surface area contributed by atoms with E-state index in [9.17, 15) is 5.11 Å². The fourth-order valence-electron chi connectivity index (χ4n) is 4.23. The van der Waals surface area contributed by atoms with Crippen molar-refractivity contribution in [3.05, 3.63) is 34.9 Å². The highest BCUT2D eigenvalue weighted by molar-refractivity contribution is 5.34. The van der Waals surface area contributed by atoms with E-state index >= 15 is 0 Å². The van der Waals surface area contributed by atoms with E-state index in [4.69, 9.17) is 0 Å². The molecule has 0 unspecified atom stereocenters. The highest BCUT2D eigenvalue weighted by Gasteiger charge is 2.29. The van der Waals surface area contributed by atoms with Gasteiger partial charge in [-0.3, -0.25) is 4.90 Å². The fourth-order valence-corrected chi connectivity index (χ4v) is 4.23. The van der Waals surface area contributed by atoms with Crippen molar-refractivity contribution in [3.8, 4) is 0 Å². The smallest absolute Gasteiger partial charge is 0.0681 e. The topological polar surface area (TPSA) is 35.5 Å². The van der Waals surface area contributed by atoms with Gasteiger partial charge in [0, 0.05) is 12.1 Å². The number of piperidine rings is 1. The van der Waals surface area contributed by atoms with Gasteiger partial charge in [0.1, 0.15) is 0 Å². The van der Waals surface area contributed by atoms with E-state index in [1.165, 1.54) is 62.9 Å². The minimum atomic E-state index is 0.158. The van der Waals surface area contributed by atoms with Gasteiger partial charge in [0.25, 0.3) is 0 Å². The summed E-state index contributed by atoms with van der Waals surface area (Å²) in [5.74, 6) is 0. The third-order valence-corrected chi connectivity index (χ3v) is 5.38. The largest absolute Gasteiger partial charge is 0.392 e. The van der Waals surface area contributed by atoms with E-state index in [1.807, 2.05) is 0 Å². The Morgan fingerprint density at radius 2 is 1.95 bits per heavy atom. The Morgan fingerprint density at radius 3 is 2.68 bits per heavy atom. The molecule has 1 atom stereocenters. The third kappa shape index (κ3) is 3.53. The predicted octanol–water partition coefficient (Wildman–Crippen LogP) is 2.50. The first kappa shape index (κ1) is 16.0. The number of aliphatic hydroxyl groups is 1. The van der Waals surface area contributed by atoms with Crippen LogP contribution in [0, 0.1) is 0 Å².